The lowest BCUT2D eigenvalue weighted by Gasteiger charge is -2.58. The van der Waals surface area contributed by atoms with Crippen LogP contribution < -0.4 is 0 Å². The number of ether oxygens (including phenoxy) is 1. The highest BCUT2D eigenvalue weighted by molar-refractivity contribution is 6.01. The molecule has 8 atom stereocenters. The molecule has 32 heavy (non-hydrogen) atoms. The summed E-state index contributed by atoms with van der Waals surface area (Å²) in [5.41, 5.74) is 1.05. The third-order valence-corrected chi connectivity index (χ3v) is 8.99. The van der Waals surface area contributed by atoms with Crippen LogP contribution in [-0.2, 0) is 16.1 Å². The number of carbonyl (C=O) groups is 2. The molecule has 6 nitrogen and oxygen atoms in total. The summed E-state index contributed by atoms with van der Waals surface area (Å²) in [4.78, 5) is 24.8. The van der Waals surface area contributed by atoms with Crippen molar-refractivity contribution in [2.75, 3.05) is 0 Å². The Hall–Kier alpha value is -2.18. The predicted octanol–water partition coefficient (Wildman–Crippen LogP) is 3.82. The maximum atomic E-state index is 12.8. The fourth-order valence-electron chi connectivity index (χ4n) is 7.64. The molecule has 0 aromatic carbocycles. The highest BCUT2D eigenvalue weighted by Crippen LogP contribution is 2.65. The Labute approximate surface area is 188 Å². The highest BCUT2D eigenvalue weighted by atomic mass is 16.6. The number of esters is 1. The van der Waals surface area contributed by atoms with Crippen molar-refractivity contribution >= 4 is 11.8 Å². The Bertz CT molecular complexity index is 1000. The fourth-order valence-corrected chi connectivity index (χ4v) is 7.64. The molecule has 2 N–H and O–H groups in total. The summed E-state index contributed by atoms with van der Waals surface area (Å²) in [6.45, 7) is 6.25. The van der Waals surface area contributed by atoms with Crippen LogP contribution in [0, 0.1) is 34.5 Å². The van der Waals surface area contributed by atoms with Crippen LogP contribution in [0.2, 0.25) is 0 Å². The first kappa shape index (κ1) is 21.7. The molecule has 3 fully saturated rings. The number of ketones is 1. The molecule has 0 saturated heterocycles. The van der Waals surface area contributed by atoms with Gasteiger partial charge in [0.15, 0.2) is 5.78 Å². The van der Waals surface area contributed by atoms with Gasteiger partial charge in [0.25, 0.3) is 0 Å². The predicted molar refractivity (Wildman–Crippen MR) is 116 cm³/mol. The van der Waals surface area contributed by atoms with E-state index in [0.717, 1.165) is 24.8 Å². The number of rotatable bonds is 3. The Morgan fingerprint density at radius 3 is 2.84 bits per heavy atom. The van der Waals surface area contributed by atoms with E-state index in [9.17, 15) is 19.8 Å². The van der Waals surface area contributed by atoms with Gasteiger partial charge in [-0.15, -0.1) is 0 Å². The van der Waals surface area contributed by atoms with Gasteiger partial charge in [-0.1, -0.05) is 32.4 Å². The molecule has 0 bridgehead atoms. The molecule has 4 aliphatic rings. The third-order valence-electron chi connectivity index (χ3n) is 8.99. The van der Waals surface area contributed by atoms with E-state index in [1.54, 1.807) is 12.2 Å². The zero-order valence-electron chi connectivity index (χ0n) is 18.9. The number of hydrogen-bond acceptors (Lipinski definition) is 6. The summed E-state index contributed by atoms with van der Waals surface area (Å²) in [5.74, 6) is 0.477. The van der Waals surface area contributed by atoms with Crippen molar-refractivity contribution in [3.63, 3.8) is 0 Å². The third kappa shape index (κ3) is 3.06. The standard InChI is InChI=1S/C26H32O6/c1-14-8-19-18-5-4-16-10-17(28)6-7-25(16,2)22(18)20(29)11-26(19,3)23(14)32-24(30)21-9-15(12-27)13-31-21/h6-7,9-10,13-14,18-20,22-23,27,29H,4-5,8,11-12H2,1-3H3. The summed E-state index contributed by atoms with van der Waals surface area (Å²) in [7, 11) is 0. The van der Waals surface area contributed by atoms with Crippen LogP contribution in [0.3, 0.4) is 0 Å². The molecule has 0 spiro atoms. The lowest BCUT2D eigenvalue weighted by molar-refractivity contribution is -0.133. The molecule has 0 radical (unpaired) electrons. The zero-order valence-corrected chi connectivity index (χ0v) is 18.9. The smallest absolute Gasteiger partial charge is 0.374 e. The number of allylic oxidation sites excluding steroid dienone is 4. The van der Waals surface area contributed by atoms with Gasteiger partial charge < -0.3 is 19.4 Å². The largest absolute Gasteiger partial charge is 0.457 e. The fraction of sp³-hybridized carbons (Fsp3) is 0.615. The average molecular weight is 441 g/mol. The highest BCUT2D eigenvalue weighted by Gasteiger charge is 2.64. The monoisotopic (exact) mass is 440 g/mol. The number of aliphatic hydroxyl groups excluding tert-OH is 2. The maximum Gasteiger partial charge on any atom is 0.374 e. The van der Waals surface area contributed by atoms with E-state index in [0.29, 0.717) is 23.8 Å². The molecule has 172 valence electrons. The molecule has 5 rings (SSSR count). The minimum Gasteiger partial charge on any atom is -0.457 e. The van der Waals surface area contributed by atoms with Crippen molar-refractivity contribution in [1.82, 2.24) is 0 Å². The van der Waals surface area contributed by atoms with E-state index < -0.39 is 12.1 Å². The minimum absolute atomic E-state index is 0.0369. The van der Waals surface area contributed by atoms with Gasteiger partial charge in [-0.3, -0.25) is 4.79 Å². The second kappa shape index (κ2) is 7.42. The number of hydrogen-bond donors (Lipinski definition) is 2. The Morgan fingerprint density at radius 2 is 2.12 bits per heavy atom. The molecule has 1 aromatic heterocycles. The van der Waals surface area contributed by atoms with Crippen molar-refractivity contribution in [1.29, 1.82) is 0 Å². The molecular formula is C26H32O6. The van der Waals surface area contributed by atoms with Crippen molar-refractivity contribution in [2.24, 2.45) is 34.5 Å². The first-order valence-corrected chi connectivity index (χ1v) is 11.7. The molecular weight excluding hydrogens is 408 g/mol. The van der Waals surface area contributed by atoms with Crippen LogP contribution in [-0.4, -0.2) is 34.2 Å². The van der Waals surface area contributed by atoms with E-state index in [1.807, 2.05) is 6.08 Å². The van der Waals surface area contributed by atoms with E-state index in [-0.39, 0.29) is 46.9 Å². The Morgan fingerprint density at radius 1 is 1.34 bits per heavy atom. The number of fused-ring (bicyclic) bond motifs is 5. The zero-order chi connectivity index (χ0) is 22.8. The van der Waals surface area contributed by atoms with Crippen LogP contribution in [0.25, 0.3) is 0 Å². The van der Waals surface area contributed by atoms with Crippen LogP contribution in [0.4, 0.5) is 0 Å². The van der Waals surface area contributed by atoms with Crippen molar-refractivity contribution in [2.45, 2.75) is 65.3 Å². The number of furan rings is 1. The van der Waals surface area contributed by atoms with E-state index in [4.69, 9.17) is 9.15 Å². The topological polar surface area (TPSA) is 97.0 Å². The van der Waals surface area contributed by atoms with Crippen LogP contribution in [0.1, 0.15) is 62.6 Å². The molecule has 0 aliphatic heterocycles. The summed E-state index contributed by atoms with van der Waals surface area (Å²) in [5, 5.41) is 20.7. The summed E-state index contributed by atoms with van der Waals surface area (Å²) < 4.78 is 11.3. The second-order valence-electron chi connectivity index (χ2n) is 10.8. The van der Waals surface area contributed by atoms with Gasteiger partial charge in [-0.05, 0) is 61.7 Å². The van der Waals surface area contributed by atoms with Crippen molar-refractivity contribution < 1.29 is 29.0 Å². The lowest BCUT2D eigenvalue weighted by atomic mass is 9.47. The quantitative estimate of drug-likeness (QED) is 0.694. The minimum atomic E-state index is -0.538. The van der Waals surface area contributed by atoms with Crippen LogP contribution in [0.15, 0.2) is 40.5 Å². The summed E-state index contributed by atoms with van der Waals surface area (Å²) in [6, 6.07) is 1.51. The maximum absolute atomic E-state index is 12.8. The normalized spacial score (nSPS) is 42.7. The SMILES string of the molecule is CC1CC2C3CCC4=CC(=O)C=CC4(C)C3C(O)CC2(C)C1OC(=O)c1cc(CO)co1. The van der Waals surface area contributed by atoms with Gasteiger partial charge in [0.2, 0.25) is 5.76 Å². The van der Waals surface area contributed by atoms with E-state index >= 15 is 0 Å². The Kier molecular flexibility index (Phi) is 5.02. The van der Waals surface area contributed by atoms with Crippen molar-refractivity contribution in [3.8, 4) is 0 Å². The second-order valence-corrected chi connectivity index (χ2v) is 10.8. The Balaban J connectivity index is 1.43. The number of aliphatic hydroxyl groups is 2. The molecule has 8 unspecified atom stereocenters. The van der Waals surface area contributed by atoms with E-state index in [2.05, 4.69) is 20.8 Å². The molecule has 6 heteroatoms. The van der Waals surface area contributed by atoms with Crippen LogP contribution >= 0.6 is 0 Å². The first-order valence-electron chi connectivity index (χ1n) is 11.7. The number of carbonyl (C=O) groups excluding carboxylic acids is 2. The van der Waals surface area contributed by atoms with Gasteiger partial charge in [-0.25, -0.2) is 4.79 Å². The summed E-state index contributed by atoms with van der Waals surface area (Å²) >= 11 is 0. The van der Waals surface area contributed by atoms with E-state index in [1.165, 1.54) is 12.3 Å². The van der Waals surface area contributed by atoms with Gasteiger partial charge in [0.05, 0.1) is 19.0 Å². The van der Waals surface area contributed by atoms with Gasteiger partial charge >= 0.3 is 5.97 Å². The molecule has 4 aliphatic carbocycles. The van der Waals surface area contributed by atoms with Gasteiger partial charge in [0.1, 0.15) is 6.10 Å². The van der Waals surface area contributed by atoms with Gasteiger partial charge in [-0.2, -0.15) is 0 Å². The molecule has 1 aromatic rings. The molecule has 1 heterocycles. The molecule has 3 saturated carbocycles. The van der Waals surface area contributed by atoms with Crippen molar-refractivity contribution in [3.05, 3.63) is 47.5 Å². The lowest BCUT2D eigenvalue weighted by Crippen LogP contribution is -2.57. The van der Waals surface area contributed by atoms with Gasteiger partial charge in [0, 0.05) is 22.3 Å². The average Bonchev–Trinajstić information content (AvgIpc) is 3.32. The molecule has 0 amide bonds. The first-order chi connectivity index (χ1) is 15.2. The summed E-state index contributed by atoms with van der Waals surface area (Å²) in [6.07, 6.45) is 9.25. The van der Waals surface area contributed by atoms with Crippen LogP contribution in [0.5, 0.6) is 0 Å².